The number of nitrogens with zero attached hydrogens (tertiary/aromatic N) is 5. The van der Waals surface area contributed by atoms with Gasteiger partial charge in [0.15, 0.2) is 0 Å². The molecule has 0 saturated carbocycles. The Hall–Kier alpha value is -1.80. The molecular weight excluding hydrogens is 388 g/mol. The minimum Gasteiger partial charge on any atom is -0.368 e. The van der Waals surface area contributed by atoms with E-state index in [9.17, 15) is 0 Å². The second-order valence-electron chi connectivity index (χ2n) is 5.90. The fourth-order valence-electron chi connectivity index (χ4n) is 2.94. The van der Waals surface area contributed by atoms with Crippen molar-refractivity contribution in [2.75, 3.05) is 23.7 Å². The Labute approximate surface area is 152 Å². The predicted molar refractivity (Wildman–Crippen MR) is 101 cm³/mol. The molecule has 0 atom stereocenters. The van der Waals surface area contributed by atoms with E-state index in [1.54, 1.807) is 23.7 Å². The summed E-state index contributed by atoms with van der Waals surface area (Å²) in [4.78, 5) is 21.4. The number of rotatable bonds is 2. The van der Waals surface area contributed by atoms with E-state index in [0.717, 1.165) is 45.0 Å². The molecule has 8 heteroatoms. The summed E-state index contributed by atoms with van der Waals surface area (Å²) in [6.45, 7) is 4.09. The summed E-state index contributed by atoms with van der Waals surface area (Å²) in [5.74, 6) is 1.05. The molecule has 1 saturated heterocycles. The van der Waals surface area contributed by atoms with E-state index < -0.39 is 0 Å². The highest BCUT2D eigenvalue weighted by molar-refractivity contribution is 9.10. The summed E-state index contributed by atoms with van der Waals surface area (Å²) in [6, 6.07) is 0. The average molecular weight is 405 g/mol. The first-order valence-corrected chi connectivity index (χ1v) is 9.54. The van der Waals surface area contributed by atoms with Gasteiger partial charge in [-0.3, -0.25) is 0 Å². The number of nitrogens with two attached hydrogens (primary N) is 1. The number of aromatic nitrogens is 4. The first-order chi connectivity index (χ1) is 11.6. The Morgan fingerprint density at radius 2 is 1.83 bits per heavy atom. The second-order valence-corrected chi connectivity index (χ2v) is 7.92. The average Bonchev–Trinajstić information content (AvgIpc) is 2.90. The summed E-state index contributed by atoms with van der Waals surface area (Å²) in [7, 11) is 0. The molecule has 0 radical (unpaired) electrons. The van der Waals surface area contributed by atoms with Crippen LogP contribution >= 0.6 is 27.3 Å². The molecule has 6 nitrogen and oxygen atoms in total. The number of piperidine rings is 1. The Bertz CT molecular complexity index is 886. The summed E-state index contributed by atoms with van der Waals surface area (Å²) in [5, 5.41) is 0. The Morgan fingerprint density at radius 3 is 2.54 bits per heavy atom. The normalized spacial score (nSPS) is 15.2. The molecule has 0 aromatic carbocycles. The zero-order chi connectivity index (χ0) is 16.7. The standard InChI is InChI=1S/C16H17BrN6S/c1-9-11(17)13-14(24-9)12(10-7-19-15(18)20-8-10)21-16(22-13)23-5-3-2-4-6-23/h7-8H,2-6H2,1H3,(H2,18,19,20). The molecule has 0 spiro atoms. The van der Waals surface area contributed by atoms with Gasteiger partial charge in [0.05, 0.1) is 14.9 Å². The van der Waals surface area contributed by atoms with Crippen LogP contribution < -0.4 is 10.6 Å². The number of hydrogen-bond acceptors (Lipinski definition) is 7. The molecule has 0 bridgehead atoms. The van der Waals surface area contributed by atoms with Crippen LogP contribution in [0.15, 0.2) is 16.9 Å². The SMILES string of the molecule is Cc1sc2c(-c3cnc(N)nc3)nc(N3CCCCC3)nc2c1Br. The van der Waals surface area contributed by atoms with Crippen molar-refractivity contribution in [2.45, 2.75) is 26.2 Å². The lowest BCUT2D eigenvalue weighted by molar-refractivity contribution is 0.569. The third-order valence-electron chi connectivity index (χ3n) is 4.21. The van der Waals surface area contributed by atoms with E-state index in [1.165, 1.54) is 24.1 Å². The molecule has 1 fully saturated rings. The molecule has 0 aliphatic carbocycles. The Morgan fingerprint density at radius 1 is 1.12 bits per heavy atom. The van der Waals surface area contributed by atoms with E-state index in [2.05, 4.69) is 37.7 Å². The van der Waals surface area contributed by atoms with E-state index in [0.29, 0.717) is 0 Å². The maximum Gasteiger partial charge on any atom is 0.226 e. The highest BCUT2D eigenvalue weighted by Crippen LogP contribution is 2.39. The molecule has 1 aliphatic rings. The Kier molecular flexibility index (Phi) is 4.09. The van der Waals surface area contributed by atoms with Gasteiger partial charge >= 0.3 is 0 Å². The lowest BCUT2D eigenvalue weighted by Gasteiger charge is -2.27. The quantitative estimate of drug-likeness (QED) is 0.699. The molecule has 1 aliphatic heterocycles. The second kappa shape index (κ2) is 6.25. The van der Waals surface area contributed by atoms with Gasteiger partial charge in [0, 0.05) is 35.9 Å². The number of hydrogen-bond donors (Lipinski definition) is 1. The highest BCUT2D eigenvalue weighted by atomic mass is 79.9. The van der Waals surface area contributed by atoms with E-state index in [4.69, 9.17) is 15.7 Å². The lowest BCUT2D eigenvalue weighted by atomic mass is 10.1. The maximum atomic E-state index is 5.62. The fraction of sp³-hybridized carbons (Fsp3) is 0.375. The van der Waals surface area contributed by atoms with E-state index in [1.807, 2.05) is 0 Å². The Balaban J connectivity index is 1.92. The van der Waals surface area contributed by atoms with Crippen LogP contribution in [-0.2, 0) is 0 Å². The zero-order valence-corrected chi connectivity index (χ0v) is 15.7. The summed E-state index contributed by atoms with van der Waals surface area (Å²) >= 11 is 5.36. The minimum atomic E-state index is 0.267. The fourth-order valence-corrected chi connectivity index (χ4v) is 4.60. The molecule has 2 N–H and O–H groups in total. The highest BCUT2D eigenvalue weighted by Gasteiger charge is 2.20. The van der Waals surface area contributed by atoms with Gasteiger partial charge in [-0.1, -0.05) is 0 Å². The first-order valence-electron chi connectivity index (χ1n) is 7.93. The van der Waals surface area contributed by atoms with Crippen LogP contribution in [0.3, 0.4) is 0 Å². The number of aryl methyl sites for hydroxylation is 1. The summed E-state index contributed by atoms with van der Waals surface area (Å²) in [6.07, 6.45) is 7.11. The van der Waals surface area contributed by atoms with Crippen LogP contribution in [0, 0.1) is 6.92 Å². The zero-order valence-electron chi connectivity index (χ0n) is 13.3. The lowest BCUT2D eigenvalue weighted by Crippen LogP contribution is -2.31. The largest absolute Gasteiger partial charge is 0.368 e. The van der Waals surface area contributed by atoms with Crippen LogP contribution in [0.4, 0.5) is 11.9 Å². The van der Waals surface area contributed by atoms with E-state index >= 15 is 0 Å². The molecule has 3 aromatic heterocycles. The smallest absolute Gasteiger partial charge is 0.226 e. The van der Waals surface area contributed by atoms with Gasteiger partial charge in [0.1, 0.15) is 5.52 Å². The molecule has 3 aromatic rings. The molecule has 4 rings (SSSR count). The molecule has 124 valence electrons. The maximum absolute atomic E-state index is 5.62. The van der Waals surface area contributed by atoms with Crippen molar-refractivity contribution < 1.29 is 0 Å². The third-order valence-corrected chi connectivity index (χ3v) is 6.54. The van der Waals surface area contributed by atoms with Gasteiger partial charge in [0.2, 0.25) is 11.9 Å². The number of fused-ring (bicyclic) bond motifs is 1. The van der Waals surface area contributed by atoms with Crippen molar-refractivity contribution in [3.05, 3.63) is 21.7 Å². The molecule has 0 amide bonds. The van der Waals surface area contributed by atoms with Crippen LogP contribution in [0.2, 0.25) is 0 Å². The van der Waals surface area contributed by atoms with Gasteiger partial charge in [0.25, 0.3) is 0 Å². The topological polar surface area (TPSA) is 80.8 Å². The van der Waals surface area contributed by atoms with Crippen molar-refractivity contribution in [3.63, 3.8) is 0 Å². The third kappa shape index (κ3) is 2.73. The van der Waals surface area contributed by atoms with Crippen molar-refractivity contribution >= 4 is 49.4 Å². The van der Waals surface area contributed by atoms with Crippen molar-refractivity contribution in [1.82, 2.24) is 19.9 Å². The monoisotopic (exact) mass is 404 g/mol. The number of nitrogen functional groups attached to an aromatic ring is 1. The van der Waals surface area contributed by atoms with Crippen LogP contribution in [-0.4, -0.2) is 33.0 Å². The van der Waals surface area contributed by atoms with Gasteiger partial charge in [-0.15, -0.1) is 11.3 Å². The predicted octanol–water partition coefficient (Wildman–Crippen LogP) is 3.79. The first kappa shape index (κ1) is 15.7. The van der Waals surface area contributed by atoms with Crippen molar-refractivity contribution in [1.29, 1.82) is 0 Å². The van der Waals surface area contributed by atoms with Crippen LogP contribution in [0.1, 0.15) is 24.1 Å². The van der Waals surface area contributed by atoms with Gasteiger partial charge in [-0.05, 0) is 42.1 Å². The van der Waals surface area contributed by atoms with Crippen molar-refractivity contribution in [3.8, 4) is 11.3 Å². The van der Waals surface area contributed by atoms with Crippen LogP contribution in [0.5, 0.6) is 0 Å². The summed E-state index contributed by atoms with van der Waals surface area (Å²) in [5.41, 5.74) is 8.32. The number of anilines is 2. The van der Waals surface area contributed by atoms with Gasteiger partial charge in [-0.25, -0.2) is 19.9 Å². The molecule has 24 heavy (non-hydrogen) atoms. The van der Waals surface area contributed by atoms with Crippen LogP contribution in [0.25, 0.3) is 21.5 Å². The number of thiophene rings is 1. The molecule has 0 unspecified atom stereocenters. The van der Waals surface area contributed by atoms with Gasteiger partial charge < -0.3 is 10.6 Å². The molecular formula is C16H17BrN6S. The van der Waals surface area contributed by atoms with Crippen molar-refractivity contribution in [2.24, 2.45) is 0 Å². The summed E-state index contributed by atoms with van der Waals surface area (Å²) < 4.78 is 2.09. The van der Waals surface area contributed by atoms with Gasteiger partial charge in [-0.2, -0.15) is 0 Å². The number of halogens is 1. The molecule has 4 heterocycles. The van der Waals surface area contributed by atoms with E-state index in [-0.39, 0.29) is 5.95 Å². The minimum absolute atomic E-state index is 0.267.